The van der Waals surface area contributed by atoms with Gasteiger partial charge in [-0.1, -0.05) is 24.4 Å². The zero-order valence-electron chi connectivity index (χ0n) is 8.45. The van der Waals surface area contributed by atoms with Crippen LogP contribution in [0.5, 0.6) is 0 Å². The van der Waals surface area contributed by atoms with Gasteiger partial charge in [0.1, 0.15) is 11.8 Å². The van der Waals surface area contributed by atoms with Crippen molar-refractivity contribution in [1.82, 2.24) is 0 Å². The first-order valence-electron chi connectivity index (χ1n) is 5.58. The van der Waals surface area contributed by atoms with Gasteiger partial charge in [-0.25, -0.2) is 0 Å². The number of fused-ring (bicyclic) bond motifs is 1. The fourth-order valence-corrected chi connectivity index (χ4v) is 2.41. The molecule has 0 bridgehead atoms. The third kappa shape index (κ3) is 2.14. The number of oxime groups is 1. The van der Waals surface area contributed by atoms with Crippen LogP contribution in [0.15, 0.2) is 5.16 Å². The van der Waals surface area contributed by atoms with Crippen LogP contribution >= 0.6 is 0 Å². The molecule has 0 N–H and O–H groups in total. The van der Waals surface area contributed by atoms with Gasteiger partial charge in [0.2, 0.25) is 0 Å². The molecule has 3 nitrogen and oxygen atoms in total. The summed E-state index contributed by atoms with van der Waals surface area (Å²) in [6, 6.07) is 0. The number of hydrogen-bond donors (Lipinski definition) is 0. The molecule has 1 fully saturated rings. The molecule has 0 aromatic carbocycles. The second-order valence-electron chi connectivity index (χ2n) is 4.30. The van der Waals surface area contributed by atoms with Gasteiger partial charge in [0.25, 0.3) is 0 Å². The van der Waals surface area contributed by atoms with Crippen LogP contribution < -0.4 is 0 Å². The first-order chi connectivity index (χ1) is 6.90. The van der Waals surface area contributed by atoms with E-state index in [9.17, 15) is 4.79 Å². The Morgan fingerprint density at radius 2 is 2.00 bits per heavy atom. The van der Waals surface area contributed by atoms with E-state index in [2.05, 4.69) is 5.16 Å². The lowest BCUT2D eigenvalue weighted by Crippen LogP contribution is -2.31. The summed E-state index contributed by atoms with van der Waals surface area (Å²) in [5.74, 6) is 0.535. The van der Waals surface area contributed by atoms with Gasteiger partial charge in [-0.3, -0.25) is 4.79 Å². The van der Waals surface area contributed by atoms with E-state index in [4.69, 9.17) is 4.84 Å². The number of hydrogen-bond acceptors (Lipinski definition) is 3. The van der Waals surface area contributed by atoms with E-state index in [1.807, 2.05) is 0 Å². The Kier molecular flexibility index (Phi) is 3.17. The van der Waals surface area contributed by atoms with Crippen molar-refractivity contribution in [2.75, 3.05) is 0 Å². The number of aldehydes is 1. The molecule has 3 heteroatoms. The summed E-state index contributed by atoms with van der Waals surface area (Å²) in [4.78, 5) is 16.0. The number of carbonyl (C=O) groups excluding carboxylic acids is 1. The fourth-order valence-electron chi connectivity index (χ4n) is 2.41. The van der Waals surface area contributed by atoms with Crippen LogP contribution in [0, 0.1) is 5.92 Å². The molecule has 2 aliphatic rings. The van der Waals surface area contributed by atoms with Gasteiger partial charge in [0.05, 0.1) is 0 Å². The standard InChI is InChI=1S/C11H17NO2/c13-8-10-7-9-5-3-1-2-4-6-11(9)14-12-10/h8-9,11H,1-7H2/t9-,11-/m1/s1. The molecule has 0 saturated heterocycles. The highest BCUT2D eigenvalue weighted by molar-refractivity contribution is 6.28. The van der Waals surface area contributed by atoms with Crippen LogP contribution in [0.2, 0.25) is 0 Å². The third-order valence-electron chi connectivity index (χ3n) is 3.25. The molecule has 0 unspecified atom stereocenters. The molecule has 2 rings (SSSR count). The Labute approximate surface area is 84.5 Å². The maximum Gasteiger partial charge on any atom is 0.167 e. The van der Waals surface area contributed by atoms with Crippen molar-refractivity contribution in [2.24, 2.45) is 11.1 Å². The minimum atomic E-state index is 0.277. The molecule has 0 radical (unpaired) electrons. The van der Waals surface area contributed by atoms with Crippen molar-refractivity contribution in [3.63, 3.8) is 0 Å². The van der Waals surface area contributed by atoms with Crippen molar-refractivity contribution in [2.45, 2.75) is 51.0 Å². The van der Waals surface area contributed by atoms with Gasteiger partial charge < -0.3 is 4.84 Å². The largest absolute Gasteiger partial charge is 0.392 e. The molecule has 14 heavy (non-hydrogen) atoms. The predicted molar refractivity (Wildman–Crippen MR) is 54.2 cm³/mol. The molecule has 1 aliphatic heterocycles. The van der Waals surface area contributed by atoms with Gasteiger partial charge in [-0.05, 0) is 19.3 Å². The molecule has 2 atom stereocenters. The molecule has 0 aromatic heterocycles. The topological polar surface area (TPSA) is 38.7 Å². The highest BCUT2D eigenvalue weighted by atomic mass is 16.6. The molecular weight excluding hydrogens is 178 g/mol. The van der Waals surface area contributed by atoms with Gasteiger partial charge in [-0.15, -0.1) is 0 Å². The highest BCUT2D eigenvalue weighted by Crippen LogP contribution is 2.30. The van der Waals surface area contributed by atoms with Crippen LogP contribution in [-0.2, 0) is 9.63 Å². The van der Waals surface area contributed by atoms with Gasteiger partial charge in [0.15, 0.2) is 6.29 Å². The second-order valence-corrected chi connectivity index (χ2v) is 4.30. The van der Waals surface area contributed by atoms with E-state index < -0.39 is 0 Å². The Balaban J connectivity index is 2.00. The predicted octanol–water partition coefficient (Wildman–Crippen LogP) is 2.30. The molecule has 78 valence electrons. The minimum Gasteiger partial charge on any atom is -0.392 e. The van der Waals surface area contributed by atoms with Crippen LogP contribution in [0.1, 0.15) is 44.9 Å². The van der Waals surface area contributed by atoms with Crippen LogP contribution in [0.4, 0.5) is 0 Å². The lowest BCUT2D eigenvalue weighted by atomic mass is 9.85. The van der Waals surface area contributed by atoms with Crippen molar-refractivity contribution >= 4 is 12.0 Å². The Hall–Kier alpha value is -0.860. The smallest absolute Gasteiger partial charge is 0.167 e. The molecule has 1 heterocycles. The average Bonchev–Trinajstić information content (AvgIpc) is 2.18. The molecule has 0 aromatic rings. The summed E-state index contributed by atoms with van der Waals surface area (Å²) < 4.78 is 0. The van der Waals surface area contributed by atoms with Gasteiger partial charge in [0, 0.05) is 12.3 Å². The van der Waals surface area contributed by atoms with Gasteiger partial charge in [-0.2, -0.15) is 0 Å². The van der Waals surface area contributed by atoms with E-state index in [1.54, 1.807) is 0 Å². The summed E-state index contributed by atoms with van der Waals surface area (Å²) in [6.45, 7) is 0. The SMILES string of the molecule is O=CC1=NO[C@@H]2CCCCCC[C@@H]2C1. The van der Waals surface area contributed by atoms with Crippen LogP contribution in [-0.4, -0.2) is 18.1 Å². The molecule has 0 spiro atoms. The van der Waals surface area contributed by atoms with E-state index in [0.717, 1.165) is 19.1 Å². The van der Waals surface area contributed by atoms with Crippen molar-refractivity contribution in [1.29, 1.82) is 0 Å². The van der Waals surface area contributed by atoms with E-state index in [1.165, 1.54) is 32.1 Å². The monoisotopic (exact) mass is 195 g/mol. The second kappa shape index (κ2) is 4.58. The summed E-state index contributed by atoms with van der Waals surface area (Å²) in [6.07, 6.45) is 9.40. The quantitative estimate of drug-likeness (QED) is 0.602. The maximum absolute atomic E-state index is 10.6. The third-order valence-corrected chi connectivity index (χ3v) is 3.25. The summed E-state index contributed by atoms with van der Waals surface area (Å²) >= 11 is 0. The summed E-state index contributed by atoms with van der Waals surface area (Å²) in [7, 11) is 0. The van der Waals surface area contributed by atoms with Crippen molar-refractivity contribution in [3.8, 4) is 0 Å². The maximum atomic E-state index is 10.6. The Bertz CT molecular complexity index is 237. The summed E-state index contributed by atoms with van der Waals surface area (Å²) in [5, 5.41) is 3.85. The zero-order valence-corrected chi connectivity index (χ0v) is 8.45. The molecule has 0 amide bonds. The molecule has 1 aliphatic carbocycles. The number of nitrogens with zero attached hydrogens (tertiary/aromatic N) is 1. The molecule has 1 saturated carbocycles. The first-order valence-corrected chi connectivity index (χ1v) is 5.58. The first kappa shape index (κ1) is 9.69. The average molecular weight is 195 g/mol. The Morgan fingerprint density at radius 1 is 1.21 bits per heavy atom. The lowest BCUT2D eigenvalue weighted by Gasteiger charge is -2.30. The minimum absolute atomic E-state index is 0.277. The number of carbonyl (C=O) groups is 1. The normalized spacial score (nSPS) is 33.0. The van der Waals surface area contributed by atoms with Crippen LogP contribution in [0.25, 0.3) is 0 Å². The van der Waals surface area contributed by atoms with Crippen molar-refractivity contribution in [3.05, 3.63) is 0 Å². The van der Waals surface area contributed by atoms with Crippen LogP contribution in [0.3, 0.4) is 0 Å². The highest BCUT2D eigenvalue weighted by Gasteiger charge is 2.29. The van der Waals surface area contributed by atoms with E-state index >= 15 is 0 Å². The van der Waals surface area contributed by atoms with E-state index in [-0.39, 0.29) is 6.10 Å². The summed E-state index contributed by atoms with van der Waals surface area (Å²) in [5.41, 5.74) is 0.590. The number of rotatable bonds is 1. The Morgan fingerprint density at radius 3 is 2.79 bits per heavy atom. The fraction of sp³-hybridized carbons (Fsp3) is 0.818. The lowest BCUT2D eigenvalue weighted by molar-refractivity contribution is -0.103. The van der Waals surface area contributed by atoms with Crippen molar-refractivity contribution < 1.29 is 9.63 Å². The molecular formula is C11H17NO2. The van der Waals surface area contributed by atoms with Gasteiger partial charge >= 0.3 is 0 Å². The van der Waals surface area contributed by atoms with E-state index in [0.29, 0.717) is 11.6 Å². The zero-order chi connectivity index (χ0) is 9.80.